The van der Waals surface area contributed by atoms with E-state index >= 15 is 0 Å². The highest BCUT2D eigenvalue weighted by molar-refractivity contribution is 6.00. The van der Waals surface area contributed by atoms with E-state index in [-0.39, 0.29) is 24.2 Å². The number of ketones is 1. The second kappa shape index (κ2) is 8.60. The van der Waals surface area contributed by atoms with E-state index in [1.165, 1.54) is 0 Å². The Bertz CT molecular complexity index is 755. The van der Waals surface area contributed by atoms with Gasteiger partial charge < -0.3 is 24.4 Å². The lowest BCUT2D eigenvalue weighted by Gasteiger charge is -2.43. The quantitative estimate of drug-likeness (QED) is 0.733. The molecule has 2 aliphatic rings. The number of Topliss-reactive ketones (excluding diaryl/α,β-unsaturated/α-hetero) is 1. The zero-order valence-electron chi connectivity index (χ0n) is 16.3. The number of methoxy groups -OCH3 is 1. The smallest absolute Gasteiger partial charge is 0.258 e. The molecule has 28 heavy (non-hydrogen) atoms. The second-order valence-corrected chi connectivity index (χ2v) is 7.18. The number of amides is 2. The van der Waals surface area contributed by atoms with Crippen molar-refractivity contribution in [2.24, 2.45) is 0 Å². The van der Waals surface area contributed by atoms with Crippen molar-refractivity contribution in [1.82, 2.24) is 10.2 Å². The zero-order valence-corrected chi connectivity index (χ0v) is 16.3. The van der Waals surface area contributed by atoms with Crippen LogP contribution in [0.4, 0.5) is 0 Å². The summed E-state index contributed by atoms with van der Waals surface area (Å²) >= 11 is 0. The number of rotatable bonds is 6. The number of ether oxygens (including phenoxy) is 3. The molecule has 2 heterocycles. The predicted molar refractivity (Wildman–Crippen MR) is 101 cm³/mol. The Balaban J connectivity index is 1.64. The van der Waals surface area contributed by atoms with Gasteiger partial charge in [-0.15, -0.1) is 0 Å². The molecule has 0 bridgehead atoms. The van der Waals surface area contributed by atoms with Crippen molar-refractivity contribution in [3.63, 3.8) is 0 Å². The van der Waals surface area contributed by atoms with Gasteiger partial charge in [0.2, 0.25) is 5.91 Å². The van der Waals surface area contributed by atoms with Crippen LogP contribution in [0.3, 0.4) is 0 Å². The minimum Gasteiger partial charge on any atom is -0.486 e. The lowest BCUT2D eigenvalue weighted by molar-refractivity contribution is -0.132. The fraction of sp³-hybridized carbons (Fsp3) is 0.550. The van der Waals surface area contributed by atoms with Gasteiger partial charge in [0.1, 0.15) is 17.1 Å². The highest BCUT2D eigenvalue weighted by Gasteiger charge is 2.43. The number of carbonyl (C=O) groups excluding carboxylic acids is 3. The highest BCUT2D eigenvalue weighted by atomic mass is 16.5. The molecule has 0 aromatic heterocycles. The maximum Gasteiger partial charge on any atom is 0.258 e. The van der Waals surface area contributed by atoms with Gasteiger partial charge in [-0.25, -0.2) is 0 Å². The number of hydrogen-bond acceptors (Lipinski definition) is 6. The topological polar surface area (TPSA) is 94.2 Å². The molecule has 1 fully saturated rings. The summed E-state index contributed by atoms with van der Waals surface area (Å²) in [6, 6.07) is 5.00. The third-order valence-corrected chi connectivity index (χ3v) is 5.18. The Morgan fingerprint density at radius 2 is 2.04 bits per heavy atom. The normalized spacial score (nSPS) is 17.6. The molecule has 0 radical (unpaired) electrons. The van der Waals surface area contributed by atoms with Gasteiger partial charge in [0.25, 0.3) is 5.91 Å². The number of likely N-dealkylation sites (tertiary alicyclic amines) is 1. The summed E-state index contributed by atoms with van der Waals surface area (Å²) in [7, 11) is 1.56. The molecular formula is C20H26N2O6. The third kappa shape index (κ3) is 4.62. The highest BCUT2D eigenvalue weighted by Crippen LogP contribution is 2.40. The van der Waals surface area contributed by atoms with Crippen LogP contribution in [0.25, 0.3) is 0 Å². The van der Waals surface area contributed by atoms with Gasteiger partial charge in [0, 0.05) is 52.6 Å². The monoisotopic (exact) mass is 390 g/mol. The van der Waals surface area contributed by atoms with E-state index in [0.717, 1.165) is 0 Å². The summed E-state index contributed by atoms with van der Waals surface area (Å²) in [6.45, 7) is 3.43. The van der Waals surface area contributed by atoms with Crippen LogP contribution in [-0.2, 0) is 14.3 Å². The van der Waals surface area contributed by atoms with Gasteiger partial charge in [0.15, 0.2) is 12.4 Å². The molecule has 0 aliphatic carbocycles. The summed E-state index contributed by atoms with van der Waals surface area (Å²) in [5, 5.41) is 2.68. The molecule has 8 heteroatoms. The average Bonchev–Trinajstić information content (AvgIpc) is 2.66. The molecule has 1 N–H and O–H groups in total. The molecule has 3 rings (SSSR count). The van der Waals surface area contributed by atoms with Gasteiger partial charge in [-0.1, -0.05) is 0 Å². The van der Waals surface area contributed by atoms with Gasteiger partial charge in [-0.2, -0.15) is 0 Å². The summed E-state index contributed by atoms with van der Waals surface area (Å²) < 4.78 is 16.6. The van der Waals surface area contributed by atoms with Gasteiger partial charge in [-0.3, -0.25) is 14.4 Å². The lowest BCUT2D eigenvalue weighted by atomic mass is 9.82. The van der Waals surface area contributed by atoms with Crippen molar-refractivity contribution < 1.29 is 28.6 Å². The van der Waals surface area contributed by atoms with E-state index in [4.69, 9.17) is 14.2 Å². The van der Waals surface area contributed by atoms with Crippen LogP contribution >= 0.6 is 0 Å². The third-order valence-electron chi connectivity index (χ3n) is 5.18. The number of nitrogens with zero attached hydrogens (tertiary/aromatic N) is 1. The first-order chi connectivity index (χ1) is 13.4. The number of fused-ring (bicyclic) bond motifs is 1. The molecular weight excluding hydrogens is 364 g/mol. The van der Waals surface area contributed by atoms with Crippen LogP contribution in [0.15, 0.2) is 18.2 Å². The SMILES string of the molecule is COCCNC(=O)COc1ccc2c(c1)OC1(CCN(C(C)=O)CC1)CC2=O. The number of hydrogen-bond donors (Lipinski definition) is 1. The van der Waals surface area contributed by atoms with Crippen LogP contribution < -0.4 is 14.8 Å². The fourth-order valence-corrected chi connectivity index (χ4v) is 3.56. The number of carbonyl (C=O) groups is 3. The number of benzene rings is 1. The van der Waals surface area contributed by atoms with E-state index in [2.05, 4.69) is 5.32 Å². The molecule has 8 nitrogen and oxygen atoms in total. The molecule has 152 valence electrons. The first kappa shape index (κ1) is 20.1. The Hall–Kier alpha value is -2.61. The number of piperidine rings is 1. The maximum atomic E-state index is 12.6. The molecule has 0 atom stereocenters. The average molecular weight is 390 g/mol. The summed E-state index contributed by atoms with van der Waals surface area (Å²) in [5.41, 5.74) is -0.0526. The molecule has 1 aromatic carbocycles. The first-order valence-corrected chi connectivity index (χ1v) is 9.43. The van der Waals surface area contributed by atoms with E-state index in [1.54, 1.807) is 37.1 Å². The van der Waals surface area contributed by atoms with Crippen molar-refractivity contribution in [1.29, 1.82) is 0 Å². The van der Waals surface area contributed by atoms with Crippen molar-refractivity contribution in [3.05, 3.63) is 23.8 Å². The van der Waals surface area contributed by atoms with E-state index in [0.29, 0.717) is 62.6 Å². The molecule has 0 unspecified atom stereocenters. The largest absolute Gasteiger partial charge is 0.486 e. The van der Waals surface area contributed by atoms with Crippen molar-refractivity contribution in [3.8, 4) is 11.5 Å². The van der Waals surface area contributed by atoms with Crippen LogP contribution in [0.2, 0.25) is 0 Å². The van der Waals surface area contributed by atoms with E-state index in [1.807, 2.05) is 0 Å². The van der Waals surface area contributed by atoms with Gasteiger partial charge in [-0.05, 0) is 12.1 Å². The molecule has 1 saturated heterocycles. The van der Waals surface area contributed by atoms with Crippen LogP contribution in [0, 0.1) is 0 Å². The Kier molecular flexibility index (Phi) is 6.18. The Morgan fingerprint density at radius 1 is 1.29 bits per heavy atom. The maximum absolute atomic E-state index is 12.6. The first-order valence-electron chi connectivity index (χ1n) is 9.43. The lowest BCUT2D eigenvalue weighted by Crippen LogP contribution is -2.51. The minimum atomic E-state index is -0.577. The molecule has 1 spiro atoms. The van der Waals surface area contributed by atoms with Crippen molar-refractivity contribution in [2.45, 2.75) is 31.8 Å². The van der Waals surface area contributed by atoms with Gasteiger partial charge in [0.05, 0.1) is 18.6 Å². The fourth-order valence-electron chi connectivity index (χ4n) is 3.56. The van der Waals surface area contributed by atoms with E-state index < -0.39 is 5.60 Å². The van der Waals surface area contributed by atoms with Crippen molar-refractivity contribution >= 4 is 17.6 Å². The second-order valence-electron chi connectivity index (χ2n) is 7.18. The predicted octanol–water partition coefficient (Wildman–Crippen LogP) is 1.17. The standard InChI is InChI=1S/C20H26N2O6/c1-14(23)22-8-5-20(6-9-22)12-17(24)16-4-3-15(11-18(16)28-20)27-13-19(25)21-7-10-26-2/h3-4,11H,5-10,12-13H2,1-2H3,(H,21,25). The Labute approximate surface area is 164 Å². The Morgan fingerprint density at radius 3 is 2.71 bits per heavy atom. The van der Waals surface area contributed by atoms with Crippen LogP contribution in [0.1, 0.15) is 36.5 Å². The van der Waals surface area contributed by atoms with Crippen LogP contribution in [-0.4, -0.2) is 68.1 Å². The zero-order chi connectivity index (χ0) is 20.1. The summed E-state index contributed by atoms with van der Waals surface area (Å²) in [4.78, 5) is 37.7. The molecule has 1 aromatic rings. The summed E-state index contributed by atoms with van der Waals surface area (Å²) in [6.07, 6.45) is 1.54. The molecule has 0 saturated carbocycles. The summed E-state index contributed by atoms with van der Waals surface area (Å²) in [5.74, 6) is 0.759. The molecule has 2 aliphatic heterocycles. The van der Waals surface area contributed by atoms with Crippen LogP contribution in [0.5, 0.6) is 11.5 Å². The van der Waals surface area contributed by atoms with E-state index in [9.17, 15) is 14.4 Å². The molecule has 2 amide bonds. The van der Waals surface area contributed by atoms with Crippen molar-refractivity contribution in [2.75, 3.05) is 40.0 Å². The number of nitrogens with one attached hydrogen (secondary N) is 1. The van der Waals surface area contributed by atoms with Gasteiger partial charge >= 0.3 is 0 Å². The minimum absolute atomic E-state index is 0.0291.